The molecule has 0 aromatic heterocycles. The fraction of sp³-hybridized carbons (Fsp3) is 0.700. The van der Waals surface area contributed by atoms with Crippen molar-refractivity contribution >= 4 is 27.7 Å². The van der Waals surface area contributed by atoms with Gasteiger partial charge in [0.2, 0.25) is 10.0 Å². The predicted octanol–water partition coefficient (Wildman–Crippen LogP) is 4.38. The quantitative estimate of drug-likeness (QED) is 0.552. The summed E-state index contributed by atoms with van der Waals surface area (Å²) in [7, 11) is -3.45. The van der Waals surface area contributed by atoms with E-state index in [0.717, 1.165) is 12.2 Å². The predicted molar refractivity (Wildman–Crippen MR) is 117 cm³/mol. The van der Waals surface area contributed by atoms with Gasteiger partial charge in [-0.05, 0) is 84.4 Å². The van der Waals surface area contributed by atoms with E-state index in [1.165, 1.54) is 25.7 Å². The van der Waals surface area contributed by atoms with Gasteiger partial charge in [0, 0.05) is 29.1 Å². The van der Waals surface area contributed by atoms with Crippen molar-refractivity contribution in [2.75, 3.05) is 11.9 Å². The van der Waals surface area contributed by atoms with Crippen LogP contribution in [-0.2, 0) is 10.0 Å². The van der Waals surface area contributed by atoms with Crippen molar-refractivity contribution in [2.24, 2.45) is 5.92 Å². The third-order valence-electron chi connectivity index (χ3n) is 4.51. The summed E-state index contributed by atoms with van der Waals surface area (Å²) in [6.45, 7) is 11.2. The first kappa shape index (κ1) is 22.5. The highest BCUT2D eigenvalue weighted by molar-refractivity contribution is 7.98. The van der Waals surface area contributed by atoms with Gasteiger partial charge in [0.05, 0.1) is 4.90 Å². The molecule has 0 heterocycles. The van der Waals surface area contributed by atoms with Crippen LogP contribution in [0.3, 0.4) is 0 Å². The lowest BCUT2D eigenvalue weighted by molar-refractivity contribution is 0.328. The van der Waals surface area contributed by atoms with Crippen LogP contribution in [0.25, 0.3) is 0 Å². The fourth-order valence-electron chi connectivity index (χ4n) is 3.16. The highest BCUT2D eigenvalue weighted by Crippen LogP contribution is 2.28. The van der Waals surface area contributed by atoms with E-state index < -0.39 is 10.0 Å². The van der Waals surface area contributed by atoms with Crippen LogP contribution in [0, 0.1) is 5.92 Å². The Bertz CT molecular complexity index is 691. The number of nitrogens with one attached hydrogen (secondary N) is 3. The van der Waals surface area contributed by atoms with Gasteiger partial charge in [0.1, 0.15) is 0 Å². The van der Waals surface area contributed by atoms with E-state index in [4.69, 9.17) is 0 Å². The van der Waals surface area contributed by atoms with Gasteiger partial charge < -0.3 is 5.32 Å². The second kappa shape index (κ2) is 9.63. The van der Waals surface area contributed by atoms with Gasteiger partial charge in [0.15, 0.2) is 0 Å². The van der Waals surface area contributed by atoms with E-state index in [2.05, 4.69) is 35.5 Å². The Morgan fingerprint density at radius 3 is 2.41 bits per heavy atom. The Balaban J connectivity index is 1.82. The lowest BCUT2D eigenvalue weighted by Crippen LogP contribution is -2.33. The van der Waals surface area contributed by atoms with Crippen LogP contribution in [-0.4, -0.2) is 31.8 Å². The molecule has 0 radical (unpaired) electrons. The summed E-state index contributed by atoms with van der Waals surface area (Å²) in [5, 5.41) is 3.43. The highest BCUT2D eigenvalue weighted by atomic mass is 32.2. The van der Waals surface area contributed by atoms with E-state index in [0.29, 0.717) is 16.9 Å². The molecule has 0 spiro atoms. The zero-order valence-corrected chi connectivity index (χ0v) is 18.8. The minimum Gasteiger partial charge on any atom is -0.385 e. The van der Waals surface area contributed by atoms with E-state index in [9.17, 15) is 8.42 Å². The third-order valence-corrected chi connectivity index (χ3v) is 7.23. The van der Waals surface area contributed by atoms with Crippen molar-refractivity contribution in [1.82, 2.24) is 9.44 Å². The Hall–Kier alpha value is -0.760. The summed E-state index contributed by atoms with van der Waals surface area (Å²) >= 11 is 1.83. The van der Waals surface area contributed by atoms with Crippen LogP contribution < -0.4 is 14.8 Å². The summed E-state index contributed by atoms with van der Waals surface area (Å²) in [6.07, 6.45) is 4.79. The Labute approximate surface area is 169 Å². The number of hydrogen-bond acceptors (Lipinski definition) is 5. The average Bonchev–Trinajstić information content (AvgIpc) is 2.57. The molecule has 1 aliphatic carbocycles. The molecular weight excluding hydrogens is 378 g/mol. The Morgan fingerprint density at radius 1 is 1.15 bits per heavy atom. The fourth-order valence-corrected chi connectivity index (χ4v) is 5.21. The molecule has 27 heavy (non-hydrogen) atoms. The SMILES string of the molecule is CC(C)NS(=O)(=O)c1cccc(NC[C@H]2CC[C@H](NSC(C)(C)C)CC2)c1. The molecule has 5 nitrogen and oxygen atoms in total. The lowest BCUT2D eigenvalue weighted by Gasteiger charge is -2.31. The van der Waals surface area contributed by atoms with Crippen molar-refractivity contribution in [3.05, 3.63) is 24.3 Å². The molecule has 1 fully saturated rings. The van der Waals surface area contributed by atoms with Gasteiger partial charge in [-0.2, -0.15) is 0 Å². The maximum absolute atomic E-state index is 12.3. The van der Waals surface area contributed by atoms with Gasteiger partial charge in [-0.3, -0.25) is 4.72 Å². The number of rotatable bonds is 8. The zero-order chi connectivity index (χ0) is 20.1. The zero-order valence-electron chi connectivity index (χ0n) is 17.2. The summed E-state index contributed by atoms with van der Waals surface area (Å²) < 4.78 is 31.1. The number of anilines is 1. The van der Waals surface area contributed by atoms with Crippen molar-refractivity contribution in [2.45, 2.75) is 82.0 Å². The minimum absolute atomic E-state index is 0.119. The maximum Gasteiger partial charge on any atom is 0.240 e. The van der Waals surface area contributed by atoms with Crippen LogP contribution >= 0.6 is 11.9 Å². The molecule has 0 atom stereocenters. The second-order valence-electron chi connectivity index (χ2n) is 8.73. The maximum atomic E-state index is 12.3. The van der Waals surface area contributed by atoms with Crippen LogP contribution in [0.4, 0.5) is 5.69 Å². The normalized spacial score (nSPS) is 21.4. The molecule has 2 rings (SSSR count). The van der Waals surface area contributed by atoms with E-state index in [1.54, 1.807) is 18.2 Å². The summed E-state index contributed by atoms with van der Waals surface area (Å²) in [4.78, 5) is 0.313. The summed E-state index contributed by atoms with van der Waals surface area (Å²) in [6, 6.07) is 7.56. The van der Waals surface area contributed by atoms with Crippen molar-refractivity contribution in [1.29, 1.82) is 0 Å². The van der Waals surface area contributed by atoms with Gasteiger partial charge >= 0.3 is 0 Å². The molecule has 1 saturated carbocycles. The Kier molecular flexibility index (Phi) is 8.04. The van der Waals surface area contributed by atoms with Crippen LogP contribution in [0.5, 0.6) is 0 Å². The first-order valence-corrected chi connectivity index (χ1v) is 12.1. The highest BCUT2D eigenvalue weighted by Gasteiger charge is 2.23. The molecule has 0 bridgehead atoms. The van der Waals surface area contributed by atoms with Crippen molar-refractivity contribution in [3.8, 4) is 0 Å². The number of sulfonamides is 1. The molecule has 0 saturated heterocycles. The molecule has 1 aromatic rings. The van der Waals surface area contributed by atoms with Gasteiger partial charge in [-0.15, -0.1) is 0 Å². The monoisotopic (exact) mass is 413 g/mol. The molecule has 154 valence electrons. The van der Waals surface area contributed by atoms with Gasteiger partial charge in [0.25, 0.3) is 0 Å². The first-order chi connectivity index (χ1) is 12.5. The van der Waals surface area contributed by atoms with Crippen LogP contribution in [0.2, 0.25) is 0 Å². The second-order valence-corrected chi connectivity index (χ2v) is 12.1. The van der Waals surface area contributed by atoms with Crippen molar-refractivity contribution < 1.29 is 8.42 Å². The molecule has 0 amide bonds. The third kappa shape index (κ3) is 8.02. The minimum atomic E-state index is -3.45. The average molecular weight is 414 g/mol. The van der Waals surface area contributed by atoms with Gasteiger partial charge in [-0.25, -0.2) is 13.1 Å². The van der Waals surface area contributed by atoms with Crippen LogP contribution in [0.1, 0.15) is 60.3 Å². The van der Waals surface area contributed by atoms with Crippen LogP contribution in [0.15, 0.2) is 29.2 Å². The summed E-state index contributed by atoms with van der Waals surface area (Å²) in [5.74, 6) is 0.636. The van der Waals surface area contributed by atoms with Crippen molar-refractivity contribution in [3.63, 3.8) is 0 Å². The summed E-state index contributed by atoms with van der Waals surface area (Å²) in [5.41, 5.74) is 0.866. The lowest BCUT2D eigenvalue weighted by atomic mass is 9.86. The Morgan fingerprint density at radius 2 is 1.81 bits per heavy atom. The van der Waals surface area contributed by atoms with Gasteiger partial charge in [-0.1, -0.05) is 18.0 Å². The molecule has 7 heteroatoms. The molecular formula is C20H35N3O2S2. The van der Waals surface area contributed by atoms with E-state index in [-0.39, 0.29) is 10.8 Å². The molecule has 0 aliphatic heterocycles. The standard InChI is InChI=1S/C20H35N3O2S2/c1-15(2)23-27(24,25)19-8-6-7-18(13-19)21-14-16-9-11-17(12-10-16)22-26-20(3,4)5/h6-8,13,15-17,21-23H,9-12,14H2,1-5H3/t16-,17-. The number of hydrogen-bond donors (Lipinski definition) is 3. The largest absolute Gasteiger partial charge is 0.385 e. The van der Waals surface area contributed by atoms with E-state index in [1.807, 2.05) is 31.9 Å². The molecule has 1 aromatic carbocycles. The smallest absolute Gasteiger partial charge is 0.240 e. The molecule has 1 aliphatic rings. The molecule has 3 N–H and O–H groups in total. The number of benzene rings is 1. The topological polar surface area (TPSA) is 70.2 Å². The van der Waals surface area contributed by atoms with E-state index >= 15 is 0 Å². The first-order valence-electron chi connectivity index (χ1n) is 9.85. The molecule has 0 unspecified atom stereocenters.